The normalized spacial score (nSPS) is 14.3. The van der Waals surface area contributed by atoms with Gasteiger partial charge in [0.1, 0.15) is 5.00 Å². The molecule has 84 heavy (non-hydrogen) atoms. The standard InChI is InChI=1S/C15H18N2S.C15H14N2S.C15H20N2S.C14H14BrNS.C9H7BrN2S/c2*16-10-12-3-6-13(7-4-12)15-9-14(18-17-15)8-5-11-1-2-11;16-10-12-3-6-13(7-4-12)15(17)9-14(18)8-5-11-1-2-11;15-12-6-4-11(5-7-12)14-9-13(17-16-14)8-3-10-1-2-10;10-7-3-1-6(2-4-7)8-5-9(11)13-12-8/h3-4,6-7,9,11H,1-2,5,8,10,16H2;3-4,6-7,9,11H,1-2,5,8H2;3-4,6-7,9,11H,1-2,5,8,10,16-17H2;4-7,9-10H,1-3,8H2;1-5H,11H2/b;;15-9-;;. The summed E-state index contributed by atoms with van der Waals surface area (Å²) in [5.41, 5.74) is 36.4. The van der Waals surface area contributed by atoms with Crippen molar-refractivity contribution in [2.45, 2.75) is 116 Å². The molecule has 9 aromatic rings. The van der Waals surface area contributed by atoms with Crippen LogP contribution in [0.5, 0.6) is 0 Å². The Labute approximate surface area is 535 Å². The van der Waals surface area contributed by atoms with Crippen molar-refractivity contribution in [3.8, 4) is 51.1 Å². The predicted molar refractivity (Wildman–Crippen MR) is 367 cm³/mol. The largest absolute Gasteiger partial charge is 0.398 e. The number of nitrogens with zero attached hydrogens (tertiary/aromatic N) is 5. The first kappa shape index (κ1) is 62.9. The topological polar surface area (TPSA) is 179 Å². The van der Waals surface area contributed by atoms with Crippen LogP contribution in [0.15, 0.2) is 161 Å². The number of rotatable bonds is 20. The van der Waals surface area contributed by atoms with Gasteiger partial charge in [0.2, 0.25) is 0 Å². The maximum atomic E-state index is 8.77. The molecule has 0 aliphatic heterocycles. The van der Waals surface area contributed by atoms with Crippen LogP contribution in [-0.4, -0.2) is 22.4 Å². The SMILES string of the molecule is Brc1ccc(-c2cc(CCC3CC3)sn2)cc1.N#Cc1ccc(-c2cc(CCC3CC3)sn2)cc1.NCc1ccc(-c2cc(CCC3CC3)sn2)cc1.NCc1ccc(/C(N)=C/C(=S)CCC2CC2)cc1.Nc1cc(-c2ccc(Br)cc2)ns1. The second-order valence-corrected chi connectivity index (χ2v) is 28.0. The second-order valence-electron chi connectivity index (χ2n) is 22.1. The number of thiocarbonyl (C=S) groups is 1. The summed E-state index contributed by atoms with van der Waals surface area (Å²) in [7, 11) is 0. The van der Waals surface area contributed by atoms with Crippen LogP contribution in [0, 0.1) is 35.0 Å². The van der Waals surface area contributed by atoms with Crippen molar-refractivity contribution in [2.75, 3.05) is 5.73 Å². The van der Waals surface area contributed by atoms with Crippen LogP contribution in [0.1, 0.15) is 120 Å². The van der Waals surface area contributed by atoms with Crippen molar-refractivity contribution < 1.29 is 0 Å². The number of allylic oxidation sites excluding steroid dienone is 1. The lowest BCUT2D eigenvalue weighted by Gasteiger charge is -2.04. The lowest BCUT2D eigenvalue weighted by atomic mass is 10.1. The fourth-order valence-electron chi connectivity index (χ4n) is 9.07. The molecule has 0 spiro atoms. The number of hydrogen-bond donors (Lipinski definition) is 4. The summed E-state index contributed by atoms with van der Waals surface area (Å²) in [4.78, 5) is 5.18. The molecule has 4 saturated carbocycles. The number of aromatic nitrogens is 4. The summed E-state index contributed by atoms with van der Waals surface area (Å²) in [5.74, 6) is 3.90. The molecule has 0 radical (unpaired) electrons. The summed E-state index contributed by atoms with van der Waals surface area (Å²) in [5, 5.41) is 9.52. The summed E-state index contributed by atoms with van der Waals surface area (Å²) in [6.45, 7) is 1.16. The molecular formula is C68H73Br2N9S5. The van der Waals surface area contributed by atoms with Crippen molar-refractivity contribution in [1.29, 1.82) is 5.26 Å². The number of benzene rings is 5. The van der Waals surface area contributed by atoms with Crippen LogP contribution < -0.4 is 22.9 Å². The van der Waals surface area contributed by atoms with E-state index in [1.54, 1.807) is 34.6 Å². The van der Waals surface area contributed by atoms with Crippen LogP contribution >= 0.6 is 90.2 Å². The highest BCUT2D eigenvalue weighted by Crippen LogP contribution is 2.37. The second kappa shape index (κ2) is 32.2. The summed E-state index contributed by atoms with van der Waals surface area (Å²) in [6.07, 6.45) is 23.1. The van der Waals surface area contributed by atoms with E-state index in [1.165, 1.54) is 139 Å². The Morgan fingerprint density at radius 3 is 1.20 bits per heavy atom. The fourth-order valence-corrected chi connectivity index (χ4v) is 12.6. The molecule has 4 aliphatic rings. The van der Waals surface area contributed by atoms with E-state index in [-0.39, 0.29) is 0 Å². The van der Waals surface area contributed by atoms with Crippen molar-refractivity contribution in [3.05, 3.63) is 197 Å². The molecule has 9 nitrogen and oxygen atoms in total. The number of nitriles is 1. The van der Waals surface area contributed by atoms with E-state index in [0.29, 0.717) is 18.7 Å². The van der Waals surface area contributed by atoms with Crippen molar-refractivity contribution in [3.63, 3.8) is 0 Å². The van der Waals surface area contributed by atoms with Gasteiger partial charge >= 0.3 is 0 Å². The van der Waals surface area contributed by atoms with E-state index in [4.69, 9.17) is 40.4 Å². The minimum Gasteiger partial charge on any atom is -0.398 e. The molecular weight excluding hydrogens is 1260 g/mol. The number of halogens is 2. The van der Waals surface area contributed by atoms with Gasteiger partial charge < -0.3 is 22.9 Å². The molecule has 0 saturated heterocycles. The smallest absolute Gasteiger partial charge is 0.107 e. The first-order valence-corrected chi connectivity index (χ1v) is 34.2. The Hall–Kier alpha value is -5.58. The van der Waals surface area contributed by atoms with Gasteiger partial charge in [0.25, 0.3) is 0 Å². The minimum atomic E-state index is 0.559. The lowest BCUT2D eigenvalue weighted by Crippen LogP contribution is -2.02. The van der Waals surface area contributed by atoms with Crippen molar-refractivity contribution in [1.82, 2.24) is 17.5 Å². The number of aryl methyl sites for hydroxylation is 3. The highest BCUT2D eigenvalue weighted by Gasteiger charge is 2.23. The molecule has 4 fully saturated rings. The fraction of sp³-hybridized carbons (Fsp3) is 0.324. The number of nitrogens with two attached hydrogens (primary N) is 4. The minimum absolute atomic E-state index is 0.559. The van der Waals surface area contributed by atoms with Gasteiger partial charge in [0.15, 0.2) is 0 Å². The van der Waals surface area contributed by atoms with Crippen LogP contribution in [-0.2, 0) is 32.4 Å². The highest BCUT2D eigenvalue weighted by molar-refractivity contribution is 9.10. The average Bonchev–Trinajstić information content (AvgIpc) is 4.55. The van der Waals surface area contributed by atoms with E-state index in [1.807, 2.05) is 84.9 Å². The Morgan fingerprint density at radius 1 is 0.500 bits per heavy atom. The Balaban J connectivity index is 0.000000126. The first-order chi connectivity index (χ1) is 40.9. The quantitative estimate of drug-likeness (QED) is 0.0424. The third-order valence-corrected chi connectivity index (χ3v) is 19.6. The monoisotopic (exact) mass is 1330 g/mol. The van der Waals surface area contributed by atoms with E-state index in [0.717, 1.165) is 99.6 Å². The van der Waals surface area contributed by atoms with Gasteiger partial charge in [0, 0.05) is 75.5 Å². The summed E-state index contributed by atoms with van der Waals surface area (Å²) >= 11 is 18.4. The molecule has 4 heterocycles. The number of anilines is 1. The van der Waals surface area contributed by atoms with E-state index >= 15 is 0 Å². The van der Waals surface area contributed by atoms with Gasteiger partial charge in [-0.3, -0.25) is 0 Å². The molecule has 4 aromatic heterocycles. The third kappa shape index (κ3) is 21.4. The van der Waals surface area contributed by atoms with E-state index in [9.17, 15) is 0 Å². The van der Waals surface area contributed by atoms with Crippen LogP contribution in [0.2, 0.25) is 0 Å². The summed E-state index contributed by atoms with van der Waals surface area (Å²) in [6, 6.07) is 51.1. The van der Waals surface area contributed by atoms with Gasteiger partial charge in [0.05, 0.1) is 34.4 Å². The molecule has 16 heteroatoms. The molecule has 0 bridgehead atoms. The molecule has 0 amide bonds. The van der Waals surface area contributed by atoms with Crippen LogP contribution in [0.25, 0.3) is 50.7 Å². The Kier molecular flexibility index (Phi) is 24.2. The van der Waals surface area contributed by atoms with Gasteiger partial charge in [-0.1, -0.05) is 180 Å². The average molecular weight is 1340 g/mol. The molecule has 434 valence electrons. The third-order valence-electron chi connectivity index (χ3n) is 15.1. The van der Waals surface area contributed by atoms with Gasteiger partial charge in [-0.25, -0.2) is 0 Å². The zero-order valence-electron chi connectivity index (χ0n) is 47.3. The van der Waals surface area contributed by atoms with Gasteiger partial charge in [-0.05, 0) is 199 Å². The molecule has 0 unspecified atom stereocenters. The Morgan fingerprint density at radius 2 is 0.845 bits per heavy atom. The zero-order chi connectivity index (χ0) is 58.6. The van der Waals surface area contributed by atoms with Crippen LogP contribution in [0.3, 0.4) is 0 Å². The van der Waals surface area contributed by atoms with E-state index < -0.39 is 0 Å². The highest BCUT2D eigenvalue weighted by atomic mass is 79.9. The van der Waals surface area contributed by atoms with Gasteiger partial charge in [-0.2, -0.15) is 22.8 Å². The summed E-state index contributed by atoms with van der Waals surface area (Å²) < 4.78 is 20.0. The number of nitrogen functional groups attached to an aromatic ring is 1. The Bertz CT molecular complexity index is 3530. The van der Waals surface area contributed by atoms with Gasteiger partial charge in [-0.15, -0.1) is 0 Å². The predicted octanol–water partition coefficient (Wildman–Crippen LogP) is 18.7. The lowest BCUT2D eigenvalue weighted by molar-refractivity contribution is 0.733. The van der Waals surface area contributed by atoms with Crippen molar-refractivity contribution >= 4 is 106 Å². The molecule has 4 aliphatic carbocycles. The molecule has 8 N–H and O–H groups in total. The van der Waals surface area contributed by atoms with E-state index in [2.05, 4.69) is 122 Å². The van der Waals surface area contributed by atoms with Crippen LogP contribution in [0.4, 0.5) is 5.00 Å². The maximum Gasteiger partial charge on any atom is 0.107 e. The number of hydrogen-bond acceptors (Lipinski definition) is 14. The molecule has 13 rings (SSSR count). The molecule has 5 aromatic carbocycles. The maximum absolute atomic E-state index is 8.77. The molecule has 0 atom stereocenters. The van der Waals surface area contributed by atoms with Crippen molar-refractivity contribution in [2.24, 2.45) is 40.9 Å². The first-order valence-electron chi connectivity index (χ1n) is 29.2. The zero-order valence-corrected chi connectivity index (χ0v) is 54.6.